The maximum atomic E-state index is 13.6. The Balaban J connectivity index is 2.38. The van der Waals surface area contributed by atoms with Crippen molar-refractivity contribution in [3.05, 3.63) is 29.6 Å². The molecule has 0 radical (unpaired) electrons. The number of anilines is 1. The molecule has 0 heterocycles. The molecule has 0 saturated heterocycles. The normalized spacial score (nSPS) is 11.1. The fourth-order valence-corrected chi connectivity index (χ4v) is 2.74. The van der Waals surface area contributed by atoms with Gasteiger partial charge in [-0.15, -0.1) is 0 Å². The Morgan fingerprint density at radius 2 is 1.76 bits per heavy atom. The fraction of sp³-hybridized carbons (Fsp3) is 0.500. The second-order valence-corrected chi connectivity index (χ2v) is 7.48. The van der Waals surface area contributed by atoms with E-state index in [0.29, 0.717) is 13.0 Å². The lowest BCUT2D eigenvalue weighted by molar-refractivity contribution is -0.137. The lowest BCUT2D eigenvalue weighted by atomic mass is 10.1. The molecule has 1 aromatic rings. The molecule has 0 atom stereocenters. The first-order valence-corrected chi connectivity index (χ1v) is 9.85. The highest BCUT2D eigenvalue weighted by molar-refractivity contribution is 7.92. The van der Waals surface area contributed by atoms with Gasteiger partial charge >= 0.3 is 5.97 Å². The van der Waals surface area contributed by atoms with Crippen LogP contribution < -0.4 is 10.0 Å². The van der Waals surface area contributed by atoms with Gasteiger partial charge < -0.3 is 10.4 Å². The molecular formula is C16H23FN2O5S. The number of carbonyl (C=O) groups is 2. The largest absolute Gasteiger partial charge is 0.481 e. The average Bonchev–Trinajstić information content (AvgIpc) is 2.50. The summed E-state index contributed by atoms with van der Waals surface area (Å²) in [4.78, 5) is 22.4. The van der Waals surface area contributed by atoms with Crippen LogP contribution >= 0.6 is 0 Å². The SMILES string of the molecule is CS(=O)(=O)Nc1cc(C(=O)NCCCCCCCC(=O)O)ccc1F. The van der Waals surface area contributed by atoms with E-state index in [2.05, 4.69) is 5.32 Å². The van der Waals surface area contributed by atoms with Crippen molar-refractivity contribution < 1.29 is 27.5 Å². The minimum Gasteiger partial charge on any atom is -0.481 e. The molecular weight excluding hydrogens is 351 g/mol. The number of rotatable bonds is 11. The quantitative estimate of drug-likeness (QED) is 0.515. The molecule has 0 saturated carbocycles. The van der Waals surface area contributed by atoms with Crippen molar-refractivity contribution in [2.45, 2.75) is 38.5 Å². The number of unbranched alkanes of at least 4 members (excludes halogenated alkanes) is 4. The summed E-state index contributed by atoms with van der Waals surface area (Å²) < 4.78 is 38.0. The van der Waals surface area contributed by atoms with Crippen molar-refractivity contribution in [3.63, 3.8) is 0 Å². The van der Waals surface area contributed by atoms with Crippen molar-refractivity contribution in [1.29, 1.82) is 0 Å². The Kier molecular flexibility index (Phi) is 8.33. The molecule has 7 nitrogen and oxygen atoms in total. The molecule has 9 heteroatoms. The van der Waals surface area contributed by atoms with E-state index in [0.717, 1.165) is 44.1 Å². The second-order valence-electron chi connectivity index (χ2n) is 5.74. The number of benzene rings is 1. The van der Waals surface area contributed by atoms with Crippen LogP contribution in [0.5, 0.6) is 0 Å². The zero-order valence-corrected chi connectivity index (χ0v) is 14.9. The first-order valence-electron chi connectivity index (χ1n) is 7.96. The zero-order chi connectivity index (χ0) is 18.9. The zero-order valence-electron chi connectivity index (χ0n) is 14.0. The summed E-state index contributed by atoms with van der Waals surface area (Å²) in [5.74, 6) is -1.97. The van der Waals surface area contributed by atoms with Gasteiger partial charge in [-0.2, -0.15) is 0 Å². The summed E-state index contributed by atoms with van der Waals surface area (Å²) in [6.07, 6.45) is 5.05. The predicted octanol–water partition coefficient (Wildman–Crippen LogP) is 2.35. The smallest absolute Gasteiger partial charge is 0.303 e. The lowest BCUT2D eigenvalue weighted by Crippen LogP contribution is -2.24. The van der Waals surface area contributed by atoms with Crippen LogP contribution in [0.15, 0.2) is 18.2 Å². The number of halogens is 1. The molecule has 25 heavy (non-hydrogen) atoms. The van der Waals surface area contributed by atoms with E-state index in [1.54, 1.807) is 0 Å². The summed E-state index contributed by atoms with van der Waals surface area (Å²) >= 11 is 0. The monoisotopic (exact) mass is 374 g/mol. The number of nitrogens with one attached hydrogen (secondary N) is 2. The molecule has 0 unspecified atom stereocenters. The van der Waals surface area contributed by atoms with Crippen LogP contribution in [0.4, 0.5) is 10.1 Å². The Morgan fingerprint density at radius 3 is 2.40 bits per heavy atom. The van der Waals surface area contributed by atoms with E-state index in [-0.39, 0.29) is 17.7 Å². The second kappa shape index (κ2) is 9.97. The van der Waals surface area contributed by atoms with Crippen LogP contribution in [0.1, 0.15) is 48.9 Å². The summed E-state index contributed by atoms with van der Waals surface area (Å²) in [6, 6.07) is 3.46. The van der Waals surface area contributed by atoms with Gasteiger partial charge in [0.15, 0.2) is 0 Å². The highest BCUT2D eigenvalue weighted by atomic mass is 32.2. The van der Waals surface area contributed by atoms with Crippen molar-refractivity contribution in [2.75, 3.05) is 17.5 Å². The van der Waals surface area contributed by atoms with Crippen molar-refractivity contribution in [3.8, 4) is 0 Å². The summed E-state index contributed by atoms with van der Waals surface area (Å²) in [6.45, 7) is 0.435. The number of aliphatic carboxylic acids is 1. The van der Waals surface area contributed by atoms with Crippen LogP contribution in [0.25, 0.3) is 0 Å². The van der Waals surface area contributed by atoms with Gasteiger partial charge in [0.25, 0.3) is 5.91 Å². The Hall–Kier alpha value is -2.16. The molecule has 1 amide bonds. The molecule has 1 aromatic carbocycles. The standard InChI is InChI=1S/C16H23FN2O5S/c1-25(23,24)19-14-11-12(8-9-13(14)17)16(22)18-10-6-4-2-3-5-7-15(20)21/h8-9,11,19H,2-7,10H2,1H3,(H,18,22)(H,20,21). The van der Waals surface area contributed by atoms with E-state index in [4.69, 9.17) is 5.11 Å². The van der Waals surface area contributed by atoms with Gasteiger partial charge in [-0.1, -0.05) is 19.3 Å². The summed E-state index contributed by atoms with van der Waals surface area (Å²) in [5.41, 5.74) is -0.109. The fourth-order valence-electron chi connectivity index (χ4n) is 2.18. The third kappa shape index (κ3) is 9.04. The number of carboxylic acids is 1. The molecule has 0 aromatic heterocycles. The molecule has 0 bridgehead atoms. The molecule has 0 fully saturated rings. The highest BCUT2D eigenvalue weighted by Crippen LogP contribution is 2.17. The van der Waals surface area contributed by atoms with E-state index in [9.17, 15) is 22.4 Å². The minimum absolute atomic E-state index is 0.161. The van der Waals surface area contributed by atoms with Crippen LogP contribution in [0.2, 0.25) is 0 Å². The van der Waals surface area contributed by atoms with Crippen LogP contribution in [-0.2, 0) is 14.8 Å². The number of carbonyl (C=O) groups excluding carboxylic acids is 1. The Bertz CT molecular complexity index is 706. The topological polar surface area (TPSA) is 113 Å². The van der Waals surface area contributed by atoms with Gasteiger partial charge in [-0.25, -0.2) is 12.8 Å². The number of carboxylic acid groups (broad SMARTS) is 1. The van der Waals surface area contributed by atoms with Crippen molar-refractivity contribution in [2.24, 2.45) is 0 Å². The summed E-state index contributed by atoms with van der Waals surface area (Å²) in [7, 11) is -3.64. The molecule has 1 rings (SSSR count). The molecule has 0 aliphatic rings. The van der Waals surface area contributed by atoms with Gasteiger partial charge in [0.1, 0.15) is 5.82 Å². The van der Waals surface area contributed by atoms with E-state index >= 15 is 0 Å². The third-order valence-electron chi connectivity index (χ3n) is 3.38. The van der Waals surface area contributed by atoms with E-state index < -0.39 is 27.7 Å². The van der Waals surface area contributed by atoms with Gasteiger partial charge in [0.2, 0.25) is 10.0 Å². The third-order valence-corrected chi connectivity index (χ3v) is 3.97. The van der Waals surface area contributed by atoms with Gasteiger partial charge in [-0.3, -0.25) is 14.3 Å². The number of hydrogen-bond donors (Lipinski definition) is 3. The van der Waals surface area contributed by atoms with Gasteiger partial charge in [0, 0.05) is 18.5 Å². The lowest BCUT2D eigenvalue weighted by Gasteiger charge is -2.09. The van der Waals surface area contributed by atoms with Crippen molar-refractivity contribution in [1.82, 2.24) is 5.32 Å². The molecule has 140 valence electrons. The van der Waals surface area contributed by atoms with E-state index in [1.165, 1.54) is 6.07 Å². The molecule has 0 spiro atoms. The summed E-state index contributed by atoms with van der Waals surface area (Å²) in [5, 5.41) is 11.2. The minimum atomic E-state index is -3.64. The maximum Gasteiger partial charge on any atom is 0.303 e. The number of amides is 1. The number of sulfonamides is 1. The average molecular weight is 374 g/mol. The van der Waals surface area contributed by atoms with Crippen LogP contribution in [0.3, 0.4) is 0 Å². The maximum absolute atomic E-state index is 13.6. The highest BCUT2D eigenvalue weighted by Gasteiger charge is 2.12. The van der Waals surface area contributed by atoms with Crippen LogP contribution in [0, 0.1) is 5.82 Å². The van der Waals surface area contributed by atoms with E-state index in [1.807, 2.05) is 4.72 Å². The molecule has 3 N–H and O–H groups in total. The predicted molar refractivity (Wildman–Crippen MR) is 92.5 cm³/mol. The van der Waals surface area contributed by atoms with Crippen LogP contribution in [-0.4, -0.2) is 38.2 Å². The van der Waals surface area contributed by atoms with Gasteiger partial charge in [-0.05, 0) is 31.0 Å². The first-order chi connectivity index (χ1) is 11.7. The molecule has 0 aliphatic carbocycles. The van der Waals surface area contributed by atoms with Crippen molar-refractivity contribution >= 4 is 27.6 Å². The number of hydrogen-bond acceptors (Lipinski definition) is 4. The first kappa shape index (κ1) is 20.9. The Labute approximate surface area is 146 Å². The Morgan fingerprint density at radius 1 is 1.12 bits per heavy atom. The molecule has 0 aliphatic heterocycles. The van der Waals surface area contributed by atoms with Gasteiger partial charge in [0.05, 0.1) is 11.9 Å².